The molecule has 0 bridgehead atoms. The van der Waals surface area contributed by atoms with Crippen LogP contribution in [0, 0.1) is 12.8 Å². The molecule has 10 heteroatoms. The molecule has 2 heterocycles. The normalized spacial score (nSPS) is 15.7. The highest BCUT2D eigenvalue weighted by atomic mass is 19.3. The van der Waals surface area contributed by atoms with Crippen molar-refractivity contribution in [2.24, 2.45) is 5.92 Å². The first-order chi connectivity index (χ1) is 16.0. The number of aryl methyl sites for hydroxylation is 1. The van der Waals surface area contributed by atoms with E-state index in [1.807, 2.05) is 35.9 Å². The maximum Gasteiger partial charge on any atom is 0.248 e. The molecule has 0 aliphatic heterocycles. The van der Waals surface area contributed by atoms with Gasteiger partial charge in [-0.3, -0.25) is 0 Å². The Morgan fingerprint density at radius 3 is 2.62 bits per heavy atom. The van der Waals surface area contributed by atoms with Crippen molar-refractivity contribution >= 4 is 11.6 Å². The number of nitrogens with zero attached hydrogens (tertiary/aromatic N) is 4. The number of nitrogens with one attached hydrogen (secondary N) is 1. The van der Waals surface area contributed by atoms with Crippen molar-refractivity contribution in [2.75, 3.05) is 19.0 Å². The highest BCUT2D eigenvalue weighted by Crippen LogP contribution is 2.42. The second kappa shape index (κ2) is 9.27. The van der Waals surface area contributed by atoms with Crippen molar-refractivity contribution in [3.05, 3.63) is 53.9 Å². The van der Waals surface area contributed by atoms with Gasteiger partial charge in [0.15, 0.2) is 0 Å². The summed E-state index contributed by atoms with van der Waals surface area (Å²) in [6.07, 6.45) is 3.33. The molecule has 2 N–H and O–H groups in total. The number of benzene rings is 1. The van der Waals surface area contributed by atoms with Gasteiger partial charge in [-0.25, -0.2) is 23.7 Å². The Morgan fingerprint density at radius 2 is 2.00 bits per heavy atom. The van der Waals surface area contributed by atoms with Crippen LogP contribution in [0.5, 0.6) is 5.75 Å². The second-order valence-corrected chi connectivity index (χ2v) is 9.21. The first kappa shape index (κ1) is 24.0. The largest absolute Gasteiger partial charge is 0.494 e. The number of rotatable bonds is 9. The zero-order valence-corrected chi connectivity index (χ0v) is 19.7. The molecule has 0 saturated heterocycles. The number of methoxy groups -OCH3 is 1. The van der Waals surface area contributed by atoms with Crippen molar-refractivity contribution in [2.45, 2.75) is 51.7 Å². The third-order valence-electron chi connectivity index (χ3n) is 5.61. The molecule has 0 atom stereocenters. The third kappa shape index (κ3) is 5.68. The minimum atomic E-state index is -2.57. The van der Waals surface area contributed by atoms with Gasteiger partial charge in [0, 0.05) is 30.8 Å². The van der Waals surface area contributed by atoms with E-state index in [-0.39, 0.29) is 37.9 Å². The Hall–Kier alpha value is -3.11. The third-order valence-corrected chi connectivity index (χ3v) is 5.61. The number of hydrogen-bond acceptors (Lipinski definition) is 7. The lowest BCUT2D eigenvalue weighted by molar-refractivity contribution is -0.129. The van der Waals surface area contributed by atoms with Crippen LogP contribution in [0.4, 0.5) is 20.4 Å². The molecule has 2 aromatic heterocycles. The van der Waals surface area contributed by atoms with Gasteiger partial charge in [-0.05, 0) is 44.9 Å². The van der Waals surface area contributed by atoms with E-state index in [2.05, 4.69) is 20.3 Å². The van der Waals surface area contributed by atoms with Crippen molar-refractivity contribution in [3.63, 3.8) is 0 Å². The predicted octanol–water partition coefficient (Wildman–Crippen LogP) is 4.51. The summed E-state index contributed by atoms with van der Waals surface area (Å²) < 4.78 is 39.1. The Kier molecular flexibility index (Phi) is 6.55. The van der Waals surface area contributed by atoms with Gasteiger partial charge in [-0.1, -0.05) is 0 Å². The van der Waals surface area contributed by atoms with E-state index >= 15 is 0 Å². The van der Waals surface area contributed by atoms with E-state index in [0.717, 1.165) is 11.4 Å². The van der Waals surface area contributed by atoms with Crippen LogP contribution in [-0.4, -0.2) is 44.3 Å². The lowest BCUT2D eigenvalue weighted by atomic mass is 9.82. The van der Waals surface area contributed by atoms with Crippen LogP contribution in [0.3, 0.4) is 0 Å². The summed E-state index contributed by atoms with van der Waals surface area (Å²) in [6, 6.07) is 7.23. The average molecular weight is 474 g/mol. The van der Waals surface area contributed by atoms with Gasteiger partial charge in [-0.2, -0.15) is 0 Å². The number of anilines is 2. The maximum absolute atomic E-state index is 13.0. The molecule has 1 aliphatic carbocycles. The zero-order chi connectivity index (χ0) is 24.5. The summed E-state index contributed by atoms with van der Waals surface area (Å²) >= 11 is 0. The molecule has 1 aliphatic rings. The molecule has 8 nitrogen and oxygen atoms in total. The minimum absolute atomic E-state index is 0.130. The number of aromatic nitrogens is 4. The Labute approximate surface area is 197 Å². The van der Waals surface area contributed by atoms with E-state index < -0.39 is 11.5 Å². The molecule has 1 saturated carbocycles. The smallest absolute Gasteiger partial charge is 0.248 e. The van der Waals surface area contributed by atoms with Gasteiger partial charge < -0.3 is 24.5 Å². The van der Waals surface area contributed by atoms with Crippen LogP contribution >= 0.6 is 0 Å². The molecule has 3 aromatic rings. The van der Waals surface area contributed by atoms with Gasteiger partial charge in [0.2, 0.25) is 11.9 Å². The van der Waals surface area contributed by atoms with Crippen molar-refractivity contribution in [3.8, 4) is 11.4 Å². The van der Waals surface area contributed by atoms with E-state index in [0.29, 0.717) is 22.8 Å². The standard InChI is InChI=1S/C24H29F2N5O3/c1-15-11-31(14-27-15)19-6-5-17(7-20(19)33-4)28-22-29-18(8-21(30-22)23(2,3)32)13-34-12-16-9-24(25,26)10-16/h5-8,11,14,16,32H,9-10,12-13H2,1-4H3,(H,28,29,30). The topological polar surface area (TPSA) is 94.3 Å². The highest BCUT2D eigenvalue weighted by Gasteiger charge is 2.45. The van der Waals surface area contributed by atoms with E-state index in [9.17, 15) is 13.9 Å². The zero-order valence-electron chi connectivity index (χ0n) is 19.7. The lowest BCUT2D eigenvalue weighted by Gasteiger charge is -2.34. The van der Waals surface area contributed by atoms with Crippen LogP contribution in [0.15, 0.2) is 36.8 Å². The molecule has 0 unspecified atom stereocenters. The average Bonchev–Trinajstić information content (AvgIpc) is 3.17. The fraction of sp³-hybridized carbons (Fsp3) is 0.458. The Balaban J connectivity index is 1.51. The number of alkyl halides is 2. The number of imidazole rings is 1. The van der Waals surface area contributed by atoms with Crippen LogP contribution in [-0.2, 0) is 16.9 Å². The van der Waals surface area contributed by atoms with E-state index in [1.54, 1.807) is 33.4 Å². The van der Waals surface area contributed by atoms with E-state index in [4.69, 9.17) is 9.47 Å². The highest BCUT2D eigenvalue weighted by molar-refractivity contribution is 5.62. The summed E-state index contributed by atoms with van der Waals surface area (Å²) in [5.74, 6) is -1.81. The SMILES string of the molecule is COc1cc(Nc2nc(COCC3CC(F)(F)C3)cc(C(C)(C)O)n2)ccc1-n1cnc(C)c1. The van der Waals surface area contributed by atoms with Gasteiger partial charge in [0.1, 0.15) is 11.4 Å². The number of ether oxygens (including phenoxy) is 2. The van der Waals surface area contributed by atoms with Crippen LogP contribution in [0.1, 0.15) is 43.8 Å². The quantitative estimate of drug-likeness (QED) is 0.472. The molecular weight excluding hydrogens is 444 g/mol. The first-order valence-electron chi connectivity index (χ1n) is 11.0. The van der Waals surface area contributed by atoms with Gasteiger partial charge >= 0.3 is 0 Å². The Bertz CT molecular complexity index is 1150. The Morgan fingerprint density at radius 1 is 1.24 bits per heavy atom. The monoisotopic (exact) mass is 473 g/mol. The first-order valence-corrected chi connectivity index (χ1v) is 11.0. The number of halogens is 2. The van der Waals surface area contributed by atoms with Crippen molar-refractivity contribution in [1.29, 1.82) is 0 Å². The summed E-state index contributed by atoms with van der Waals surface area (Å²) in [5.41, 5.74) is 2.16. The molecule has 1 fully saturated rings. The molecule has 4 rings (SSSR count). The number of aliphatic hydroxyl groups is 1. The summed E-state index contributed by atoms with van der Waals surface area (Å²) in [6.45, 7) is 5.54. The van der Waals surface area contributed by atoms with Gasteiger partial charge in [0.25, 0.3) is 0 Å². The lowest BCUT2D eigenvalue weighted by Crippen LogP contribution is -2.37. The molecule has 34 heavy (non-hydrogen) atoms. The summed E-state index contributed by atoms with van der Waals surface area (Å²) in [4.78, 5) is 13.2. The van der Waals surface area contributed by atoms with Gasteiger partial charge in [0.05, 0.1) is 49.4 Å². The molecule has 0 radical (unpaired) electrons. The van der Waals surface area contributed by atoms with Crippen LogP contribution in [0.25, 0.3) is 5.69 Å². The molecule has 1 aromatic carbocycles. The fourth-order valence-electron chi connectivity index (χ4n) is 3.82. The maximum atomic E-state index is 13.0. The van der Waals surface area contributed by atoms with Crippen LogP contribution in [0.2, 0.25) is 0 Å². The predicted molar refractivity (Wildman–Crippen MR) is 123 cm³/mol. The minimum Gasteiger partial charge on any atom is -0.494 e. The van der Waals surface area contributed by atoms with E-state index in [1.165, 1.54) is 0 Å². The van der Waals surface area contributed by atoms with Crippen LogP contribution < -0.4 is 10.1 Å². The molecule has 0 amide bonds. The van der Waals surface area contributed by atoms with Crippen molar-refractivity contribution < 1.29 is 23.4 Å². The van der Waals surface area contributed by atoms with Gasteiger partial charge in [-0.15, -0.1) is 0 Å². The molecule has 0 spiro atoms. The molecular formula is C24H29F2N5O3. The van der Waals surface area contributed by atoms with Crippen molar-refractivity contribution in [1.82, 2.24) is 19.5 Å². The second-order valence-electron chi connectivity index (χ2n) is 9.21. The summed E-state index contributed by atoms with van der Waals surface area (Å²) in [5, 5.41) is 13.7. The number of hydrogen-bond donors (Lipinski definition) is 2. The fourth-order valence-corrected chi connectivity index (χ4v) is 3.82. The molecule has 182 valence electrons. The summed E-state index contributed by atoms with van der Waals surface area (Å²) in [7, 11) is 1.59.